The molecule has 1 amide bonds. The molecule has 1 saturated heterocycles. The molecule has 38 heavy (non-hydrogen) atoms. The van der Waals surface area contributed by atoms with Gasteiger partial charge in [-0.25, -0.2) is 4.98 Å². The Morgan fingerprint density at radius 1 is 1.08 bits per heavy atom. The molecule has 4 aromatic rings. The number of ketones is 1. The summed E-state index contributed by atoms with van der Waals surface area (Å²) in [5.74, 6) is -0.757. The van der Waals surface area contributed by atoms with E-state index in [-0.39, 0.29) is 11.3 Å². The number of nitrogens with zero attached hydrogens (tertiary/aromatic N) is 2. The zero-order valence-corrected chi connectivity index (χ0v) is 22.8. The first-order valence-corrected chi connectivity index (χ1v) is 13.7. The lowest BCUT2D eigenvalue weighted by molar-refractivity contribution is -0.132. The molecule has 3 aromatic carbocycles. The van der Waals surface area contributed by atoms with Gasteiger partial charge in [-0.2, -0.15) is 0 Å². The van der Waals surface area contributed by atoms with Gasteiger partial charge in [0.2, 0.25) is 0 Å². The normalized spacial score (nSPS) is 17.1. The maximum atomic E-state index is 13.5. The maximum absolute atomic E-state index is 13.5. The molecule has 5 rings (SSSR count). The smallest absolute Gasteiger partial charge is 0.301 e. The number of Topliss-reactive ketones (excluding diaryl/α,β-unsaturated/α-hetero) is 1. The number of fused-ring (bicyclic) bond motifs is 1. The average molecular weight is 547 g/mol. The van der Waals surface area contributed by atoms with Gasteiger partial charge in [0.1, 0.15) is 11.5 Å². The van der Waals surface area contributed by atoms with Gasteiger partial charge in [-0.15, -0.1) is 0 Å². The van der Waals surface area contributed by atoms with Crippen molar-refractivity contribution in [2.24, 2.45) is 0 Å². The van der Waals surface area contributed by atoms with Crippen LogP contribution in [0.2, 0.25) is 5.02 Å². The molecule has 6 nitrogen and oxygen atoms in total. The van der Waals surface area contributed by atoms with Crippen LogP contribution in [0, 0.1) is 0 Å². The third-order valence-electron chi connectivity index (χ3n) is 6.51. The van der Waals surface area contributed by atoms with Crippen LogP contribution in [0.5, 0.6) is 5.75 Å². The molecular weight excluding hydrogens is 520 g/mol. The molecule has 0 radical (unpaired) electrons. The fourth-order valence-electron chi connectivity index (χ4n) is 4.48. The van der Waals surface area contributed by atoms with Crippen molar-refractivity contribution in [3.8, 4) is 5.75 Å². The molecule has 1 aliphatic rings. The van der Waals surface area contributed by atoms with Gasteiger partial charge in [0, 0.05) is 10.6 Å². The molecule has 0 saturated carbocycles. The zero-order valence-electron chi connectivity index (χ0n) is 21.3. The molecule has 1 aliphatic heterocycles. The maximum Gasteiger partial charge on any atom is 0.301 e. The highest BCUT2D eigenvalue weighted by Gasteiger charge is 2.48. The molecule has 1 atom stereocenters. The molecule has 0 spiro atoms. The van der Waals surface area contributed by atoms with Gasteiger partial charge in [0.05, 0.1) is 28.4 Å². The summed E-state index contributed by atoms with van der Waals surface area (Å²) >= 11 is 7.45. The van der Waals surface area contributed by atoms with Crippen molar-refractivity contribution in [1.29, 1.82) is 0 Å². The summed E-state index contributed by atoms with van der Waals surface area (Å²) in [5.41, 5.74) is 2.95. The topological polar surface area (TPSA) is 79.7 Å². The number of halogens is 1. The Morgan fingerprint density at radius 3 is 2.45 bits per heavy atom. The highest BCUT2D eigenvalue weighted by molar-refractivity contribution is 7.22. The van der Waals surface area contributed by atoms with E-state index in [9.17, 15) is 14.7 Å². The lowest BCUT2D eigenvalue weighted by Crippen LogP contribution is -2.29. The molecule has 8 heteroatoms. The van der Waals surface area contributed by atoms with Crippen molar-refractivity contribution < 1.29 is 19.4 Å². The van der Waals surface area contributed by atoms with Gasteiger partial charge < -0.3 is 9.84 Å². The first-order valence-electron chi connectivity index (χ1n) is 12.5. The number of carbonyl (C=O) groups is 2. The van der Waals surface area contributed by atoms with Crippen molar-refractivity contribution in [2.45, 2.75) is 39.2 Å². The Bertz CT molecular complexity index is 1540. The van der Waals surface area contributed by atoms with E-state index >= 15 is 0 Å². The van der Waals surface area contributed by atoms with E-state index in [4.69, 9.17) is 16.3 Å². The number of aliphatic hydroxyl groups excluding tert-OH is 1. The standard InChI is InChI=1S/C30H27ClN2O4S/c1-4-15-37-22-12-9-20(10-13-22)27(34)25-26(19-7-5-18(6-8-19)17(2)3)33(29(36)28(25)35)30-32-23-14-11-21(31)16-24(23)38-30/h5-14,16-17,26,34H,4,15H2,1-3H3. The number of benzene rings is 3. The Kier molecular flexibility index (Phi) is 7.23. The summed E-state index contributed by atoms with van der Waals surface area (Å²) < 4.78 is 6.44. The molecule has 1 N–H and O–H groups in total. The number of ether oxygens (including phenoxy) is 1. The van der Waals surface area contributed by atoms with Crippen LogP contribution in [0.25, 0.3) is 16.0 Å². The van der Waals surface area contributed by atoms with Crippen molar-refractivity contribution in [2.75, 3.05) is 11.5 Å². The van der Waals surface area contributed by atoms with Gasteiger partial charge in [-0.05, 0) is 65.9 Å². The Morgan fingerprint density at radius 2 is 1.79 bits per heavy atom. The Labute approximate surface area is 230 Å². The molecule has 1 fully saturated rings. The van der Waals surface area contributed by atoms with Gasteiger partial charge in [-0.3, -0.25) is 14.5 Å². The van der Waals surface area contributed by atoms with Crippen LogP contribution >= 0.6 is 22.9 Å². The second-order valence-corrected chi connectivity index (χ2v) is 10.9. The third kappa shape index (κ3) is 4.79. The Balaban J connectivity index is 1.65. The molecule has 194 valence electrons. The van der Waals surface area contributed by atoms with Crippen molar-refractivity contribution in [3.05, 3.63) is 94.0 Å². The summed E-state index contributed by atoms with van der Waals surface area (Å²) in [6, 6.07) is 19.1. The fraction of sp³-hybridized carbons (Fsp3) is 0.233. The first-order chi connectivity index (χ1) is 18.3. The van der Waals surface area contributed by atoms with E-state index in [0.29, 0.717) is 45.1 Å². The lowest BCUT2D eigenvalue weighted by atomic mass is 9.93. The summed E-state index contributed by atoms with van der Waals surface area (Å²) in [7, 11) is 0. The van der Waals surface area contributed by atoms with Gasteiger partial charge in [0.25, 0.3) is 5.78 Å². The molecule has 0 aliphatic carbocycles. The number of hydrogen-bond acceptors (Lipinski definition) is 6. The summed E-state index contributed by atoms with van der Waals surface area (Å²) in [6.07, 6.45) is 0.874. The van der Waals surface area contributed by atoms with Crippen LogP contribution in [0.4, 0.5) is 5.13 Å². The molecule has 1 unspecified atom stereocenters. The molecule has 1 aromatic heterocycles. The van der Waals surface area contributed by atoms with Crippen LogP contribution in [-0.2, 0) is 9.59 Å². The van der Waals surface area contributed by atoms with Crippen LogP contribution in [-0.4, -0.2) is 28.4 Å². The van der Waals surface area contributed by atoms with Gasteiger partial charge in [-0.1, -0.05) is 68.0 Å². The largest absolute Gasteiger partial charge is 0.507 e. The summed E-state index contributed by atoms with van der Waals surface area (Å²) in [5, 5.41) is 12.3. The first kappa shape index (κ1) is 25.9. The predicted molar refractivity (Wildman–Crippen MR) is 152 cm³/mol. The highest BCUT2D eigenvalue weighted by atomic mass is 35.5. The van der Waals surface area contributed by atoms with E-state index in [1.54, 1.807) is 42.5 Å². The number of rotatable bonds is 7. The van der Waals surface area contributed by atoms with E-state index in [1.807, 2.05) is 31.2 Å². The SMILES string of the molecule is CCCOc1ccc(C(O)=C2C(=O)C(=O)N(c3nc4ccc(Cl)cc4s3)C2c2ccc(C(C)C)cc2)cc1. The number of aliphatic hydroxyl groups is 1. The number of anilines is 1. The third-order valence-corrected chi connectivity index (χ3v) is 7.76. The quantitative estimate of drug-likeness (QED) is 0.147. The zero-order chi connectivity index (χ0) is 27.0. The minimum atomic E-state index is -0.844. The number of thiazole rings is 1. The minimum absolute atomic E-state index is 0.0202. The van der Waals surface area contributed by atoms with E-state index in [2.05, 4.69) is 18.8 Å². The van der Waals surface area contributed by atoms with E-state index in [0.717, 1.165) is 16.7 Å². The summed E-state index contributed by atoms with van der Waals surface area (Å²) in [6.45, 7) is 6.80. The van der Waals surface area contributed by atoms with E-state index < -0.39 is 17.7 Å². The number of hydrogen-bond donors (Lipinski definition) is 1. The number of aromatic nitrogens is 1. The van der Waals surface area contributed by atoms with Gasteiger partial charge >= 0.3 is 5.91 Å². The van der Waals surface area contributed by atoms with E-state index in [1.165, 1.54) is 16.2 Å². The van der Waals surface area contributed by atoms with Crippen molar-refractivity contribution >= 4 is 55.7 Å². The fourth-order valence-corrected chi connectivity index (χ4v) is 5.75. The Hall–Kier alpha value is -3.68. The summed E-state index contributed by atoms with van der Waals surface area (Å²) in [4.78, 5) is 33.0. The monoisotopic (exact) mass is 546 g/mol. The average Bonchev–Trinajstić information content (AvgIpc) is 3.44. The molecule has 2 heterocycles. The molecule has 0 bridgehead atoms. The van der Waals surface area contributed by atoms with Gasteiger partial charge in [0.15, 0.2) is 5.13 Å². The van der Waals surface area contributed by atoms with Crippen LogP contribution < -0.4 is 9.64 Å². The van der Waals surface area contributed by atoms with Crippen LogP contribution in [0.15, 0.2) is 72.3 Å². The van der Waals surface area contributed by atoms with Crippen molar-refractivity contribution in [1.82, 2.24) is 4.98 Å². The van der Waals surface area contributed by atoms with Crippen LogP contribution in [0.3, 0.4) is 0 Å². The highest BCUT2D eigenvalue weighted by Crippen LogP contribution is 2.44. The minimum Gasteiger partial charge on any atom is -0.507 e. The number of amides is 1. The van der Waals surface area contributed by atoms with Crippen LogP contribution in [0.1, 0.15) is 55.8 Å². The second-order valence-electron chi connectivity index (χ2n) is 9.47. The molecular formula is C30H27ClN2O4S. The lowest BCUT2D eigenvalue weighted by Gasteiger charge is -2.23. The second kappa shape index (κ2) is 10.6. The number of carbonyl (C=O) groups excluding carboxylic acids is 2. The van der Waals surface area contributed by atoms with Crippen molar-refractivity contribution in [3.63, 3.8) is 0 Å². The predicted octanol–water partition coefficient (Wildman–Crippen LogP) is 7.49.